The largest absolute Gasteiger partial charge is 0.497 e. The van der Waals surface area contributed by atoms with Gasteiger partial charge in [0.15, 0.2) is 0 Å². The summed E-state index contributed by atoms with van der Waals surface area (Å²) in [4.78, 5) is 15.9. The third-order valence-electron chi connectivity index (χ3n) is 6.55. The number of hydrogen-bond donors (Lipinski definition) is 1. The Bertz CT molecular complexity index is 1080. The van der Waals surface area contributed by atoms with Crippen molar-refractivity contribution in [2.24, 2.45) is 0 Å². The van der Waals surface area contributed by atoms with E-state index < -0.39 is 0 Å². The standard InChI is InChI=1S/C24H28N4O2/c1-15-12-22(16(2)27(15)18-6-9-21(30-3)10-7-18)24(29)28(19-4-5-19)20-8-11-23-17(13-20)14-25-26-23/h6-7,9-10,12,14,19-20H,4-5,8,11,13H2,1-3H3,(H,25,26). The van der Waals surface area contributed by atoms with Gasteiger partial charge < -0.3 is 14.2 Å². The van der Waals surface area contributed by atoms with E-state index in [0.29, 0.717) is 6.04 Å². The fourth-order valence-electron chi connectivity index (χ4n) is 4.86. The SMILES string of the molecule is COc1ccc(-n2c(C)cc(C(=O)N(C3CC3)C3CCc4[nH]ncc4C3)c2C)cc1. The first-order chi connectivity index (χ1) is 14.6. The molecule has 6 nitrogen and oxygen atoms in total. The molecule has 1 aromatic carbocycles. The minimum atomic E-state index is 0.169. The van der Waals surface area contributed by atoms with Gasteiger partial charge in [0, 0.05) is 34.9 Å². The second-order valence-electron chi connectivity index (χ2n) is 8.53. The van der Waals surface area contributed by atoms with Crippen molar-refractivity contribution in [2.45, 2.75) is 58.0 Å². The number of carbonyl (C=O) groups excluding carboxylic acids is 1. The predicted molar refractivity (Wildman–Crippen MR) is 115 cm³/mol. The highest BCUT2D eigenvalue weighted by Gasteiger charge is 2.40. The van der Waals surface area contributed by atoms with Crippen molar-refractivity contribution >= 4 is 5.91 Å². The molecule has 0 saturated heterocycles. The maximum atomic E-state index is 13.8. The maximum Gasteiger partial charge on any atom is 0.256 e. The molecule has 0 radical (unpaired) electrons. The van der Waals surface area contributed by atoms with Gasteiger partial charge in [0.2, 0.25) is 0 Å². The van der Waals surface area contributed by atoms with Gasteiger partial charge in [-0.1, -0.05) is 0 Å². The first kappa shape index (κ1) is 19.0. The van der Waals surface area contributed by atoms with Crippen LogP contribution in [0.15, 0.2) is 36.5 Å². The zero-order valence-corrected chi connectivity index (χ0v) is 17.8. The molecule has 2 aliphatic carbocycles. The number of carbonyl (C=O) groups is 1. The summed E-state index contributed by atoms with van der Waals surface area (Å²) in [6, 6.07) is 10.6. The Morgan fingerprint density at radius 3 is 2.63 bits per heavy atom. The molecule has 1 N–H and O–H groups in total. The van der Waals surface area contributed by atoms with Gasteiger partial charge in [-0.25, -0.2) is 0 Å². The molecule has 0 spiro atoms. The van der Waals surface area contributed by atoms with E-state index in [0.717, 1.165) is 60.5 Å². The second-order valence-corrected chi connectivity index (χ2v) is 8.53. The molecule has 0 aliphatic heterocycles. The number of aromatic nitrogens is 3. The number of ether oxygens (including phenoxy) is 1. The number of amides is 1. The number of hydrogen-bond acceptors (Lipinski definition) is 3. The van der Waals surface area contributed by atoms with Gasteiger partial charge in [0.1, 0.15) is 5.75 Å². The van der Waals surface area contributed by atoms with Gasteiger partial charge in [-0.2, -0.15) is 5.10 Å². The zero-order chi connectivity index (χ0) is 20.8. The molecule has 1 atom stereocenters. The third-order valence-corrected chi connectivity index (χ3v) is 6.55. The Hall–Kier alpha value is -3.02. The van der Waals surface area contributed by atoms with Crippen LogP contribution < -0.4 is 4.74 Å². The summed E-state index contributed by atoms with van der Waals surface area (Å²) in [5.74, 6) is 0.996. The third kappa shape index (κ3) is 3.20. The minimum Gasteiger partial charge on any atom is -0.497 e. The van der Waals surface area contributed by atoms with Crippen LogP contribution in [-0.2, 0) is 12.8 Å². The number of H-pyrrole nitrogens is 1. The summed E-state index contributed by atoms with van der Waals surface area (Å²) in [7, 11) is 1.67. The summed E-state index contributed by atoms with van der Waals surface area (Å²) >= 11 is 0. The van der Waals surface area contributed by atoms with Crippen molar-refractivity contribution in [3.05, 3.63) is 64.7 Å². The molecule has 1 unspecified atom stereocenters. The Balaban J connectivity index is 1.46. The fraction of sp³-hybridized carbons (Fsp3) is 0.417. The fourth-order valence-corrected chi connectivity index (χ4v) is 4.86. The highest BCUT2D eigenvalue weighted by molar-refractivity contribution is 5.96. The van der Waals surface area contributed by atoms with Crippen LogP contribution in [0, 0.1) is 13.8 Å². The average molecular weight is 405 g/mol. The van der Waals surface area contributed by atoms with Crippen molar-refractivity contribution in [2.75, 3.05) is 7.11 Å². The van der Waals surface area contributed by atoms with E-state index in [1.807, 2.05) is 43.5 Å². The number of nitrogens with one attached hydrogen (secondary N) is 1. The lowest BCUT2D eigenvalue weighted by Gasteiger charge is -2.34. The summed E-state index contributed by atoms with van der Waals surface area (Å²) in [6.45, 7) is 4.11. The van der Waals surface area contributed by atoms with Crippen LogP contribution >= 0.6 is 0 Å². The van der Waals surface area contributed by atoms with Crippen LogP contribution in [0.3, 0.4) is 0 Å². The summed E-state index contributed by atoms with van der Waals surface area (Å²) in [5, 5.41) is 7.30. The van der Waals surface area contributed by atoms with Crippen LogP contribution in [0.1, 0.15) is 52.3 Å². The van der Waals surface area contributed by atoms with E-state index in [1.54, 1.807) is 7.11 Å². The molecule has 3 aromatic rings. The number of aromatic amines is 1. The number of aryl methyl sites for hydroxylation is 2. The molecule has 1 amide bonds. The smallest absolute Gasteiger partial charge is 0.256 e. The highest BCUT2D eigenvalue weighted by Crippen LogP contribution is 2.35. The van der Waals surface area contributed by atoms with Crippen molar-refractivity contribution < 1.29 is 9.53 Å². The maximum absolute atomic E-state index is 13.8. The van der Waals surface area contributed by atoms with Gasteiger partial charge >= 0.3 is 0 Å². The topological polar surface area (TPSA) is 63.1 Å². The van der Waals surface area contributed by atoms with Crippen LogP contribution in [-0.4, -0.2) is 44.8 Å². The van der Waals surface area contributed by atoms with Gasteiger partial charge in [-0.05, 0) is 81.8 Å². The molecule has 2 aromatic heterocycles. The summed E-state index contributed by atoms with van der Waals surface area (Å²) in [6.07, 6.45) is 6.99. The van der Waals surface area contributed by atoms with E-state index in [9.17, 15) is 4.79 Å². The van der Waals surface area contributed by atoms with E-state index >= 15 is 0 Å². The Labute approximate surface area is 176 Å². The lowest BCUT2D eigenvalue weighted by atomic mass is 9.92. The molecular formula is C24H28N4O2. The van der Waals surface area contributed by atoms with Gasteiger partial charge in [0.25, 0.3) is 5.91 Å². The van der Waals surface area contributed by atoms with Crippen LogP contribution in [0.2, 0.25) is 0 Å². The lowest BCUT2D eigenvalue weighted by Crippen LogP contribution is -2.45. The molecule has 156 valence electrons. The van der Waals surface area contributed by atoms with Crippen molar-refractivity contribution in [3.63, 3.8) is 0 Å². The summed E-state index contributed by atoms with van der Waals surface area (Å²) in [5.41, 5.74) is 6.41. The monoisotopic (exact) mass is 404 g/mol. The van der Waals surface area contributed by atoms with E-state index in [-0.39, 0.29) is 11.9 Å². The van der Waals surface area contributed by atoms with E-state index in [4.69, 9.17) is 4.74 Å². The number of benzene rings is 1. The minimum absolute atomic E-state index is 0.169. The molecular weight excluding hydrogens is 376 g/mol. The second kappa shape index (κ2) is 7.35. The van der Waals surface area contributed by atoms with E-state index in [2.05, 4.69) is 26.6 Å². The number of rotatable bonds is 5. The number of methoxy groups -OCH3 is 1. The molecule has 6 heteroatoms. The van der Waals surface area contributed by atoms with Gasteiger partial charge in [0.05, 0.1) is 18.9 Å². The van der Waals surface area contributed by atoms with E-state index in [1.165, 1.54) is 11.3 Å². The van der Waals surface area contributed by atoms with Crippen LogP contribution in [0.5, 0.6) is 5.75 Å². The molecule has 0 bridgehead atoms. The quantitative estimate of drug-likeness (QED) is 0.699. The highest BCUT2D eigenvalue weighted by atomic mass is 16.5. The number of fused-ring (bicyclic) bond motifs is 1. The molecule has 30 heavy (non-hydrogen) atoms. The zero-order valence-electron chi connectivity index (χ0n) is 17.8. The first-order valence-electron chi connectivity index (χ1n) is 10.7. The van der Waals surface area contributed by atoms with Crippen molar-refractivity contribution in [1.29, 1.82) is 0 Å². The molecule has 1 fully saturated rings. The van der Waals surface area contributed by atoms with Gasteiger partial charge in [-0.3, -0.25) is 9.89 Å². The Kier molecular flexibility index (Phi) is 4.65. The normalized spacial score (nSPS) is 18.2. The number of nitrogens with zero attached hydrogens (tertiary/aromatic N) is 3. The molecule has 2 heterocycles. The lowest BCUT2D eigenvalue weighted by molar-refractivity contribution is 0.0642. The van der Waals surface area contributed by atoms with Crippen LogP contribution in [0.4, 0.5) is 0 Å². The van der Waals surface area contributed by atoms with Gasteiger partial charge in [-0.15, -0.1) is 0 Å². The average Bonchev–Trinajstić information content (AvgIpc) is 3.39. The first-order valence-corrected chi connectivity index (χ1v) is 10.7. The van der Waals surface area contributed by atoms with Crippen molar-refractivity contribution in [1.82, 2.24) is 19.7 Å². The molecule has 2 aliphatic rings. The Morgan fingerprint density at radius 2 is 1.93 bits per heavy atom. The summed E-state index contributed by atoms with van der Waals surface area (Å²) < 4.78 is 7.44. The molecule has 5 rings (SSSR count). The Morgan fingerprint density at radius 1 is 1.17 bits per heavy atom. The predicted octanol–water partition coefficient (Wildman–Crippen LogP) is 3.99. The molecule has 1 saturated carbocycles. The van der Waals surface area contributed by atoms with Crippen LogP contribution in [0.25, 0.3) is 5.69 Å². The van der Waals surface area contributed by atoms with Crippen molar-refractivity contribution in [3.8, 4) is 11.4 Å².